The Labute approximate surface area is 122 Å². The highest BCUT2D eigenvalue weighted by Crippen LogP contribution is 2.13. The van der Waals surface area contributed by atoms with Gasteiger partial charge in [0.15, 0.2) is 5.78 Å². The molecule has 102 valence electrons. The maximum absolute atomic E-state index is 12.0. The minimum atomic E-state index is -0.0493. The fourth-order valence-corrected chi connectivity index (χ4v) is 2.23. The first-order valence-corrected chi connectivity index (χ1v) is 7.23. The molecule has 3 nitrogen and oxygen atoms in total. The van der Waals surface area contributed by atoms with Crippen LogP contribution in [0.5, 0.6) is 0 Å². The van der Waals surface area contributed by atoms with Crippen LogP contribution in [0.25, 0.3) is 6.08 Å². The molecule has 0 aliphatic rings. The summed E-state index contributed by atoms with van der Waals surface area (Å²) >= 11 is 1.59. The first-order valence-electron chi connectivity index (χ1n) is 6.35. The molecule has 0 aliphatic carbocycles. The van der Waals surface area contributed by atoms with Crippen LogP contribution in [0.2, 0.25) is 0 Å². The highest BCUT2D eigenvalue weighted by molar-refractivity contribution is 7.10. The second kappa shape index (κ2) is 6.82. The summed E-state index contributed by atoms with van der Waals surface area (Å²) in [6.07, 6.45) is 3.80. The Balaban J connectivity index is 2.02. The fraction of sp³-hybridized carbons (Fsp3) is 0.125. The van der Waals surface area contributed by atoms with Crippen molar-refractivity contribution in [2.45, 2.75) is 13.3 Å². The smallest absolute Gasteiger partial charge is 0.224 e. The van der Waals surface area contributed by atoms with Gasteiger partial charge in [0, 0.05) is 22.5 Å². The summed E-state index contributed by atoms with van der Waals surface area (Å²) in [4.78, 5) is 24.3. The van der Waals surface area contributed by atoms with E-state index in [0.717, 1.165) is 4.88 Å². The number of hydrogen-bond acceptors (Lipinski definition) is 3. The number of nitrogens with one attached hydrogen (secondary N) is 1. The molecule has 0 fully saturated rings. The van der Waals surface area contributed by atoms with Crippen LogP contribution in [0.1, 0.15) is 28.6 Å². The molecule has 1 amide bonds. The van der Waals surface area contributed by atoms with E-state index in [2.05, 4.69) is 5.32 Å². The van der Waals surface area contributed by atoms with Crippen LogP contribution in [0.4, 0.5) is 5.69 Å². The molecule has 0 unspecified atom stereocenters. The van der Waals surface area contributed by atoms with Crippen molar-refractivity contribution in [2.75, 3.05) is 5.32 Å². The van der Waals surface area contributed by atoms with Gasteiger partial charge in [0.2, 0.25) is 5.91 Å². The Bertz CT molecular complexity index is 612. The minimum Gasteiger partial charge on any atom is -0.326 e. The Hall–Kier alpha value is -2.20. The summed E-state index contributed by atoms with van der Waals surface area (Å²) in [5, 5.41) is 4.71. The van der Waals surface area contributed by atoms with E-state index in [-0.39, 0.29) is 11.7 Å². The summed E-state index contributed by atoms with van der Waals surface area (Å²) in [6.45, 7) is 1.79. The maximum Gasteiger partial charge on any atom is 0.224 e. The van der Waals surface area contributed by atoms with Crippen LogP contribution >= 0.6 is 11.3 Å². The SMILES string of the molecule is CCC(=O)Nc1ccc(C(=O)/C=C/c2cccs2)cc1. The van der Waals surface area contributed by atoms with Gasteiger partial charge in [-0.2, -0.15) is 0 Å². The number of benzene rings is 1. The molecule has 1 aromatic heterocycles. The Kier molecular flexibility index (Phi) is 4.85. The molecule has 0 bridgehead atoms. The van der Waals surface area contributed by atoms with E-state index in [0.29, 0.717) is 17.7 Å². The third-order valence-corrected chi connectivity index (χ3v) is 3.55. The number of thiophene rings is 1. The average molecular weight is 285 g/mol. The van der Waals surface area contributed by atoms with E-state index in [9.17, 15) is 9.59 Å². The first kappa shape index (κ1) is 14.2. The van der Waals surface area contributed by atoms with Gasteiger partial charge in [0.1, 0.15) is 0 Å². The quantitative estimate of drug-likeness (QED) is 0.667. The fourth-order valence-electron chi connectivity index (χ4n) is 1.61. The van der Waals surface area contributed by atoms with Gasteiger partial charge in [-0.25, -0.2) is 0 Å². The molecule has 0 spiro atoms. The first-order chi connectivity index (χ1) is 9.69. The molecule has 4 heteroatoms. The number of allylic oxidation sites excluding steroid dienone is 1. The molecular formula is C16H15NO2S. The highest BCUT2D eigenvalue weighted by atomic mass is 32.1. The lowest BCUT2D eigenvalue weighted by Crippen LogP contribution is -2.09. The molecule has 1 heterocycles. The third-order valence-electron chi connectivity index (χ3n) is 2.72. The molecule has 0 radical (unpaired) electrons. The molecule has 0 aliphatic heterocycles. The summed E-state index contributed by atoms with van der Waals surface area (Å²) in [7, 11) is 0. The Morgan fingerprint density at radius 1 is 1.20 bits per heavy atom. The van der Waals surface area contributed by atoms with Crippen molar-refractivity contribution in [2.24, 2.45) is 0 Å². The second-order valence-corrected chi connectivity index (χ2v) is 5.17. The zero-order valence-corrected chi connectivity index (χ0v) is 11.9. The van der Waals surface area contributed by atoms with Crippen LogP contribution in [0.15, 0.2) is 47.9 Å². The lowest BCUT2D eigenvalue weighted by molar-refractivity contribution is -0.115. The van der Waals surface area contributed by atoms with Crippen molar-refractivity contribution in [3.8, 4) is 0 Å². The molecular weight excluding hydrogens is 270 g/mol. The lowest BCUT2D eigenvalue weighted by Gasteiger charge is -2.03. The van der Waals surface area contributed by atoms with Crippen molar-refractivity contribution < 1.29 is 9.59 Å². The number of amides is 1. The summed E-state index contributed by atoms with van der Waals surface area (Å²) in [5.74, 6) is -0.0894. The number of hydrogen-bond donors (Lipinski definition) is 1. The van der Waals surface area contributed by atoms with E-state index in [1.807, 2.05) is 17.5 Å². The third kappa shape index (κ3) is 3.90. The van der Waals surface area contributed by atoms with Gasteiger partial charge in [-0.3, -0.25) is 9.59 Å². The van der Waals surface area contributed by atoms with Crippen molar-refractivity contribution >= 4 is 34.8 Å². The van der Waals surface area contributed by atoms with Crippen LogP contribution in [-0.4, -0.2) is 11.7 Å². The van der Waals surface area contributed by atoms with Gasteiger partial charge in [-0.15, -0.1) is 11.3 Å². The lowest BCUT2D eigenvalue weighted by atomic mass is 10.1. The van der Waals surface area contributed by atoms with Crippen molar-refractivity contribution in [3.05, 3.63) is 58.3 Å². The molecule has 0 atom stereocenters. The van der Waals surface area contributed by atoms with E-state index in [4.69, 9.17) is 0 Å². The van der Waals surface area contributed by atoms with E-state index >= 15 is 0 Å². The van der Waals surface area contributed by atoms with Crippen LogP contribution in [-0.2, 0) is 4.79 Å². The molecule has 1 N–H and O–H groups in total. The number of anilines is 1. The van der Waals surface area contributed by atoms with Gasteiger partial charge in [0.05, 0.1) is 0 Å². The van der Waals surface area contributed by atoms with E-state index in [1.54, 1.807) is 54.7 Å². The maximum atomic E-state index is 12.0. The normalized spacial score (nSPS) is 10.7. The van der Waals surface area contributed by atoms with Gasteiger partial charge in [-0.05, 0) is 47.9 Å². The minimum absolute atomic E-state index is 0.0401. The molecule has 2 aromatic rings. The van der Waals surface area contributed by atoms with Crippen molar-refractivity contribution in [1.82, 2.24) is 0 Å². The molecule has 1 aromatic carbocycles. The van der Waals surface area contributed by atoms with Gasteiger partial charge >= 0.3 is 0 Å². The van der Waals surface area contributed by atoms with Gasteiger partial charge in [-0.1, -0.05) is 13.0 Å². The predicted octanol–water partition coefficient (Wildman–Crippen LogP) is 3.99. The van der Waals surface area contributed by atoms with Crippen LogP contribution in [0.3, 0.4) is 0 Å². The summed E-state index contributed by atoms with van der Waals surface area (Å²) < 4.78 is 0. The Morgan fingerprint density at radius 2 is 1.95 bits per heavy atom. The number of carbonyl (C=O) groups is 2. The second-order valence-electron chi connectivity index (χ2n) is 4.19. The van der Waals surface area contributed by atoms with Gasteiger partial charge < -0.3 is 5.32 Å². The van der Waals surface area contributed by atoms with E-state index < -0.39 is 0 Å². The molecule has 2 rings (SSSR count). The zero-order chi connectivity index (χ0) is 14.4. The van der Waals surface area contributed by atoms with E-state index in [1.165, 1.54) is 0 Å². The monoisotopic (exact) mass is 285 g/mol. The molecule has 0 saturated carbocycles. The van der Waals surface area contributed by atoms with Crippen molar-refractivity contribution in [1.29, 1.82) is 0 Å². The van der Waals surface area contributed by atoms with Crippen LogP contribution < -0.4 is 5.32 Å². The summed E-state index contributed by atoms with van der Waals surface area (Å²) in [6, 6.07) is 10.8. The number of rotatable bonds is 5. The standard InChI is InChI=1S/C16H15NO2S/c1-2-16(19)17-13-7-5-12(6-8-13)15(18)10-9-14-4-3-11-20-14/h3-11H,2H2,1H3,(H,17,19)/b10-9+. The van der Waals surface area contributed by atoms with Crippen molar-refractivity contribution in [3.63, 3.8) is 0 Å². The van der Waals surface area contributed by atoms with Crippen LogP contribution in [0, 0.1) is 0 Å². The molecule has 0 saturated heterocycles. The largest absolute Gasteiger partial charge is 0.326 e. The topological polar surface area (TPSA) is 46.2 Å². The molecule has 20 heavy (non-hydrogen) atoms. The highest BCUT2D eigenvalue weighted by Gasteiger charge is 2.03. The zero-order valence-electron chi connectivity index (χ0n) is 11.1. The summed E-state index contributed by atoms with van der Waals surface area (Å²) in [5.41, 5.74) is 1.31. The number of ketones is 1. The van der Waals surface area contributed by atoms with Gasteiger partial charge in [0.25, 0.3) is 0 Å². The number of carbonyl (C=O) groups excluding carboxylic acids is 2. The predicted molar refractivity (Wildman–Crippen MR) is 83.0 cm³/mol. The Morgan fingerprint density at radius 3 is 2.55 bits per heavy atom. The average Bonchev–Trinajstić information content (AvgIpc) is 2.98.